The summed E-state index contributed by atoms with van der Waals surface area (Å²) in [5, 5.41) is 7.49. The minimum Gasteiger partial charge on any atom is -0.309 e. The molecule has 0 saturated heterocycles. The first-order valence-electron chi connectivity index (χ1n) is 8.84. The molecule has 134 valence electrons. The third-order valence-corrected chi connectivity index (χ3v) is 4.16. The van der Waals surface area contributed by atoms with Gasteiger partial charge < -0.3 is 5.32 Å². The van der Waals surface area contributed by atoms with Gasteiger partial charge in [-0.15, -0.1) is 0 Å². The number of carbonyl (C=O) groups excluding carboxylic acids is 1. The molecule has 0 spiro atoms. The standard InChI is InChI=1S/C21H24N4O/c1-3-24(15-18-10-6-4-7-11-18)16-21(26)22-20-14-17(2)23-25(20)19-12-8-5-9-13-19/h4-14H,3,15-16H2,1-2H3,(H,22,26). The van der Waals surface area contributed by atoms with Crippen LogP contribution in [0.4, 0.5) is 5.82 Å². The first-order valence-corrected chi connectivity index (χ1v) is 8.84. The lowest BCUT2D eigenvalue weighted by Crippen LogP contribution is -2.33. The fourth-order valence-corrected chi connectivity index (χ4v) is 2.86. The summed E-state index contributed by atoms with van der Waals surface area (Å²) in [4.78, 5) is 14.7. The number of hydrogen-bond acceptors (Lipinski definition) is 3. The highest BCUT2D eigenvalue weighted by Gasteiger charge is 2.14. The van der Waals surface area contributed by atoms with E-state index >= 15 is 0 Å². The highest BCUT2D eigenvalue weighted by Crippen LogP contribution is 2.17. The Kier molecular flexibility index (Phi) is 5.81. The van der Waals surface area contributed by atoms with Crippen LogP contribution in [0.2, 0.25) is 0 Å². The molecule has 0 aliphatic heterocycles. The Morgan fingerprint density at radius 1 is 1.08 bits per heavy atom. The van der Waals surface area contributed by atoms with Gasteiger partial charge in [-0.2, -0.15) is 5.10 Å². The van der Waals surface area contributed by atoms with Crippen molar-refractivity contribution in [1.29, 1.82) is 0 Å². The van der Waals surface area contributed by atoms with E-state index in [1.807, 2.05) is 61.5 Å². The van der Waals surface area contributed by atoms with Gasteiger partial charge in [-0.3, -0.25) is 9.69 Å². The second kappa shape index (κ2) is 8.45. The van der Waals surface area contributed by atoms with Gasteiger partial charge in [-0.05, 0) is 31.2 Å². The largest absolute Gasteiger partial charge is 0.309 e. The van der Waals surface area contributed by atoms with Crippen molar-refractivity contribution in [2.24, 2.45) is 0 Å². The number of nitrogens with zero attached hydrogens (tertiary/aromatic N) is 3. The van der Waals surface area contributed by atoms with Crippen molar-refractivity contribution in [2.75, 3.05) is 18.4 Å². The average molecular weight is 348 g/mol. The Balaban J connectivity index is 1.68. The summed E-state index contributed by atoms with van der Waals surface area (Å²) >= 11 is 0. The molecule has 0 atom stereocenters. The number of benzene rings is 2. The smallest absolute Gasteiger partial charge is 0.239 e. The summed E-state index contributed by atoms with van der Waals surface area (Å²) < 4.78 is 1.76. The summed E-state index contributed by atoms with van der Waals surface area (Å²) in [5.41, 5.74) is 2.99. The van der Waals surface area contributed by atoms with Crippen LogP contribution in [0.15, 0.2) is 66.7 Å². The summed E-state index contributed by atoms with van der Waals surface area (Å²) in [6, 6.07) is 21.9. The summed E-state index contributed by atoms with van der Waals surface area (Å²) in [7, 11) is 0. The maximum Gasteiger partial charge on any atom is 0.239 e. The van der Waals surface area contributed by atoms with Gasteiger partial charge in [0.05, 0.1) is 17.9 Å². The van der Waals surface area contributed by atoms with Gasteiger partial charge in [0, 0.05) is 12.6 Å². The monoisotopic (exact) mass is 348 g/mol. The van der Waals surface area contributed by atoms with Crippen LogP contribution in [-0.4, -0.2) is 33.7 Å². The summed E-state index contributed by atoms with van der Waals surface area (Å²) in [6.45, 7) is 5.88. The Hall–Kier alpha value is -2.92. The highest BCUT2D eigenvalue weighted by atomic mass is 16.2. The van der Waals surface area contributed by atoms with Crippen LogP contribution >= 0.6 is 0 Å². The van der Waals surface area contributed by atoms with E-state index in [0.717, 1.165) is 24.5 Å². The molecule has 5 nitrogen and oxygen atoms in total. The third kappa shape index (κ3) is 4.58. The molecule has 2 aromatic carbocycles. The second-order valence-electron chi connectivity index (χ2n) is 6.26. The van der Waals surface area contributed by atoms with Gasteiger partial charge in [0.25, 0.3) is 0 Å². The van der Waals surface area contributed by atoms with Gasteiger partial charge in [0.15, 0.2) is 0 Å². The first-order chi connectivity index (χ1) is 12.7. The summed E-state index contributed by atoms with van der Waals surface area (Å²) in [6.07, 6.45) is 0. The van der Waals surface area contributed by atoms with Crippen molar-refractivity contribution in [2.45, 2.75) is 20.4 Å². The molecule has 1 N–H and O–H groups in total. The lowest BCUT2D eigenvalue weighted by atomic mass is 10.2. The van der Waals surface area contributed by atoms with Crippen molar-refractivity contribution >= 4 is 11.7 Å². The third-order valence-electron chi connectivity index (χ3n) is 4.16. The lowest BCUT2D eigenvalue weighted by Gasteiger charge is -2.20. The number of anilines is 1. The molecule has 0 fully saturated rings. The number of nitrogens with one attached hydrogen (secondary N) is 1. The average Bonchev–Trinajstić information content (AvgIpc) is 3.02. The molecule has 0 aliphatic carbocycles. The molecular formula is C21H24N4O. The topological polar surface area (TPSA) is 50.2 Å². The molecule has 1 aromatic heterocycles. The SMILES string of the molecule is CCN(CC(=O)Nc1cc(C)nn1-c1ccccc1)Cc1ccccc1. The van der Waals surface area contributed by atoms with Crippen LogP contribution in [0.25, 0.3) is 5.69 Å². The Morgan fingerprint density at radius 2 is 1.73 bits per heavy atom. The number of aryl methyl sites for hydroxylation is 1. The predicted molar refractivity (Wildman–Crippen MR) is 104 cm³/mol. The number of carbonyl (C=O) groups is 1. The molecule has 1 heterocycles. The Morgan fingerprint density at radius 3 is 2.38 bits per heavy atom. The molecule has 0 aliphatic rings. The number of likely N-dealkylation sites (N-methyl/N-ethyl adjacent to an activating group) is 1. The molecule has 3 rings (SSSR count). The zero-order chi connectivity index (χ0) is 18.4. The highest BCUT2D eigenvalue weighted by molar-refractivity contribution is 5.91. The van der Waals surface area contributed by atoms with Crippen LogP contribution in [0.5, 0.6) is 0 Å². The Bertz CT molecular complexity index is 843. The van der Waals surface area contributed by atoms with Gasteiger partial charge in [0.2, 0.25) is 5.91 Å². The van der Waals surface area contributed by atoms with Gasteiger partial charge >= 0.3 is 0 Å². The molecule has 0 unspecified atom stereocenters. The minimum absolute atomic E-state index is 0.0418. The van der Waals surface area contributed by atoms with Crippen LogP contribution < -0.4 is 5.32 Å². The van der Waals surface area contributed by atoms with Crippen molar-refractivity contribution in [3.05, 3.63) is 78.0 Å². The normalized spacial score (nSPS) is 10.9. The fourth-order valence-electron chi connectivity index (χ4n) is 2.86. The van der Waals surface area contributed by atoms with E-state index in [4.69, 9.17) is 0 Å². The van der Waals surface area contributed by atoms with Gasteiger partial charge in [0.1, 0.15) is 5.82 Å². The maximum atomic E-state index is 12.6. The summed E-state index contributed by atoms with van der Waals surface area (Å²) in [5.74, 6) is 0.648. The molecule has 1 amide bonds. The molecule has 3 aromatic rings. The molecular weight excluding hydrogens is 324 g/mol. The van der Waals surface area contributed by atoms with Gasteiger partial charge in [-0.1, -0.05) is 55.5 Å². The predicted octanol–water partition coefficient (Wildman–Crippen LogP) is 3.64. The maximum absolute atomic E-state index is 12.6. The Labute approximate surface area is 154 Å². The van der Waals surface area contributed by atoms with Crippen LogP contribution in [0, 0.1) is 6.92 Å². The van der Waals surface area contributed by atoms with Crippen LogP contribution in [0.3, 0.4) is 0 Å². The van der Waals surface area contributed by atoms with E-state index in [0.29, 0.717) is 12.4 Å². The molecule has 0 radical (unpaired) electrons. The number of para-hydroxylation sites is 1. The van der Waals surface area contributed by atoms with Crippen LogP contribution in [-0.2, 0) is 11.3 Å². The molecule has 26 heavy (non-hydrogen) atoms. The number of rotatable bonds is 7. The van der Waals surface area contributed by atoms with Crippen LogP contribution in [0.1, 0.15) is 18.2 Å². The second-order valence-corrected chi connectivity index (χ2v) is 6.26. The molecule has 0 saturated carbocycles. The lowest BCUT2D eigenvalue weighted by molar-refractivity contribution is -0.117. The van der Waals surface area contributed by atoms with Crippen molar-refractivity contribution in [3.8, 4) is 5.69 Å². The number of hydrogen-bond donors (Lipinski definition) is 1. The number of aromatic nitrogens is 2. The zero-order valence-corrected chi connectivity index (χ0v) is 15.2. The number of amides is 1. The van der Waals surface area contributed by atoms with E-state index in [-0.39, 0.29) is 5.91 Å². The minimum atomic E-state index is -0.0418. The van der Waals surface area contributed by atoms with E-state index in [9.17, 15) is 4.79 Å². The van der Waals surface area contributed by atoms with Crippen molar-refractivity contribution in [1.82, 2.24) is 14.7 Å². The zero-order valence-electron chi connectivity index (χ0n) is 15.2. The molecule has 0 bridgehead atoms. The van der Waals surface area contributed by atoms with Gasteiger partial charge in [-0.25, -0.2) is 4.68 Å². The van der Waals surface area contributed by atoms with Crippen molar-refractivity contribution < 1.29 is 4.79 Å². The van der Waals surface area contributed by atoms with E-state index in [2.05, 4.69) is 34.4 Å². The van der Waals surface area contributed by atoms with E-state index in [1.165, 1.54) is 5.56 Å². The quantitative estimate of drug-likeness (QED) is 0.709. The fraction of sp³-hybridized carbons (Fsp3) is 0.238. The first kappa shape index (κ1) is 17.9. The van der Waals surface area contributed by atoms with E-state index in [1.54, 1.807) is 4.68 Å². The van der Waals surface area contributed by atoms with E-state index < -0.39 is 0 Å². The van der Waals surface area contributed by atoms with Crippen molar-refractivity contribution in [3.63, 3.8) is 0 Å². The molecule has 5 heteroatoms.